The van der Waals surface area contributed by atoms with Crippen molar-refractivity contribution >= 4 is 11.9 Å². The van der Waals surface area contributed by atoms with Gasteiger partial charge in [0, 0.05) is 0 Å². The molecule has 0 aromatic heterocycles. The number of esters is 2. The molecule has 0 aliphatic heterocycles. The van der Waals surface area contributed by atoms with Crippen molar-refractivity contribution in [3.8, 4) is 0 Å². The van der Waals surface area contributed by atoms with E-state index in [9.17, 15) is 19.8 Å². The van der Waals surface area contributed by atoms with E-state index in [4.69, 9.17) is 9.47 Å². The van der Waals surface area contributed by atoms with Crippen molar-refractivity contribution < 1.29 is 29.3 Å². The maximum atomic E-state index is 11.8. The van der Waals surface area contributed by atoms with Crippen LogP contribution >= 0.6 is 0 Å². The second-order valence-corrected chi connectivity index (χ2v) is 7.79. The molecule has 6 heteroatoms. The lowest BCUT2D eigenvalue weighted by Gasteiger charge is -2.11. The molecule has 0 heterocycles. The van der Waals surface area contributed by atoms with Gasteiger partial charge in [-0.05, 0) is 24.0 Å². The maximum absolute atomic E-state index is 11.8. The summed E-state index contributed by atoms with van der Waals surface area (Å²) in [7, 11) is 0. The third-order valence-electron chi connectivity index (χ3n) is 5.20. The molecule has 0 fully saturated rings. The smallest absolute Gasteiger partial charge is 0.339 e. The minimum Gasteiger partial charge on any atom is -0.464 e. The fourth-order valence-electron chi connectivity index (χ4n) is 3.31. The van der Waals surface area contributed by atoms with Crippen LogP contribution in [0.1, 0.15) is 74.7 Å². The molecule has 2 N–H and O–H groups in total. The molecule has 32 heavy (non-hydrogen) atoms. The van der Waals surface area contributed by atoms with Crippen molar-refractivity contribution in [3.05, 3.63) is 71.8 Å². The summed E-state index contributed by atoms with van der Waals surface area (Å²) in [6, 6.07) is 17.5. The molecule has 2 rings (SSSR count). The topological polar surface area (TPSA) is 93.1 Å². The monoisotopic (exact) mass is 442 g/mol. The lowest BCUT2D eigenvalue weighted by Crippen LogP contribution is -2.16. The third-order valence-corrected chi connectivity index (χ3v) is 5.20. The molecule has 0 saturated heterocycles. The Kier molecular flexibility index (Phi) is 12.1. The summed E-state index contributed by atoms with van der Waals surface area (Å²) in [6.45, 7) is 0.645. The normalized spacial score (nSPS) is 12.7. The Bertz CT molecular complexity index is 710. The molecule has 0 bridgehead atoms. The van der Waals surface area contributed by atoms with Crippen LogP contribution in [0.3, 0.4) is 0 Å². The Balaban J connectivity index is 1.39. The molecule has 0 amide bonds. The molecule has 0 radical (unpaired) electrons. The second kappa shape index (κ2) is 15.2. The number of unbranched alkanes of at least 4 members (excludes halogenated alkanes) is 7. The molecule has 2 atom stereocenters. The number of hydrogen-bond acceptors (Lipinski definition) is 6. The van der Waals surface area contributed by atoms with Gasteiger partial charge in [0.05, 0.1) is 13.2 Å². The van der Waals surface area contributed by atoms with Crippen LogP contribution < -0.4 is 0 Å². The van der Waals surface area contributed by atoms with Gasteiger partial charge in [0.2, 0.25) is 0 Å². The zero-order chi connectivity index (χ0) is 23.0. The van der Waals surface area contributed by atoms with Crippen molar-refractivity contribution in [2.24, 2.45) is 0 Å². The number of aliphatic hydroxyl groups is 2. The number of aliphatic hydroxyl groups excluding tert-OH is 2. The SMILES string of the molecule is O=C(OCCCCCCCCCCOC(=O)C(O)c1ccccc1)C(O)c1ccccc1. The predicted octanol–water partition coefficient (Wildman–Crippen LogP) is 4.66. The van der Waals surface area contributed by atoms with Crippen LogP contribution in [0.25, 0.3) is 0 Å². The Hall–Kier alpha value is -2.70. The summed E-state index contributed by atoms with van der Waals surface area (Å²) in [5, 5.41) is 19.9. The van der Waals surface area contributed by atoms with Crippen LogP contribution in [0.15, 0.2) is 60.7 Å². The minimum atomic E-state index is -1.22. The van der Waals surface area contributed by atoms with E-state index >= 15 is 0 Å². The van der Waals surface area contributed by atoms with Crippen LogP contribution in [0, 0.1) is 0 Å². The standard InChI is InChI=1S/C26H34O6/c27-23(21-15-9-7-10-16-21)25(29)31-19-13-5-3-1-2-4-6-14-20-32-26(30)24(28)22-17-11-8-12-18-22/h7-12,15-18,23-24,27-28H,1-6,13-14,19-20H2. The van der Waals surface area contributed by atoms with Gasteiger partial charge in [-0.2, -0.15) is 0 Å². The average Bonchev–Trinajstić information content (AvgIpc) is 2.84. The Morgan fingerprint density at radius 3 is 1.22 bits per heavy atom. The summed E-state index contributed by atoms with van der Waals surface area (Å²) in [4.78, 5) is 23.7. The van der Waals surface area contributed by atoms with Gasteiger partial charge in [0.15, 0.2) is 12.2 Å². The van der Waals surface area contributed by atoms with E-state index in [2.05, 4.69) is 0 Å². The molecule has 0 aliphatic carbocycles. The minimum absolute atomic E-state index is 0.322. The first-order valence-corrected chi connectivity index (χ1v) is 11.4. The fourth-order valence-corrected chi connectivity index (χ4v) is 3.31. The van der Waals surface area contributed by atoms with Gasteiger partial charge >= 0.3 is 11.9 Å². The predicted molar refractivity (Wildman–Crippen MR) is 122 cm³/mol. The van der Waals surface area contributed by atoms with E-state index < -0.39 is 24.1 Å². The molecular weight excluding hydrogens is 408 g/mol. The van der Waals surface area contributed by atoms with Crippen molar-refractivity contribution in [3.63, 3.8) is 0 Å². The van der Waals surface area contributed by atoms with Crippen LogP contribution in [-0.2, 0) is 19.1 Å². The average molecular weight is 443 g/mol. The highest BCUT2D eigenvalue weighted by molar-refractivity contribution is 5.76. The van der Waals surface area contributed by atoms with E-state index in [0.29, 0.717) is 24.3 Å². The van der Waals surface area contributed by atoms with Crippen molar-refractivity contribution in [2.75, 3.05) is 13.2 Å². The Morgan fingerprint density at radius 2 is 0.875 bits per heavy atom. The zero-order valence-corrected chi connectivity index (χ0v) is 18.5. The first kappa shape index (κ1) is 25.6. The van der Waals surface area contributed by atoms with Gasteiger partial charge in [0.25, 0.3) is 0 Å². The molecule has 2 unspecified atom stereocenters. The fraction of sp³-hybridized carbons (Fsp3) is 0.462. The molecular formula is C26H34O6. The Labute approximate surface area is 190 Å². The van der Waals surface area contributed by atoms with Crippen molar-refractivity contribution in [1.82, 2.24) is 0 Å². The summed E-state index contributed by atoms with van der Waals surface area (Å²) in [5.41, 5.74) is 1.08. The quantitative estimate of drug-likeness (QED) is 0.308. The zero-order valence-electron chi connectivity index (χ0n) is 18.5. The first-order chi connectivity index (χ1) is 15.6. The highest BCUT2D eigenvalue weighted by atomic mass is 16.5. The van der Waals surface area contributed by atoms with E-state index in [1.807, 2.05) is 12.1 Å². The molecule has 0 saturated carbocycles. The lowest BCUT2D eigenvalue weighted by atomic mass is 10.1. The number of hydrogen-bond donors (Lipinski definition) is 2. The summed E-state index contributed by atoms with van der Waals surface area (Å²) in [6.07, 6.45) is 5.41. The van der Waals surface area contributed by atoms with Crippen LogP contribution in [0.2, 0.25) is 0 Å². The Morgan fingerprint density at radius 1 is 0.562 bits per heavy atom. The number of carbonyl (C=O) groups is 2. The molecule has 2 aromatic rings. The van der Waals surface area contributed by atoms with Gasteiger partial charge < -0.3 is 19.7 Å². The molecule has 2 aromatic carbocycles. The van der Waals surface area contributed by atoms with Gasteiger partial charge in [-0.15, -0.1) is 0 Å². The highest BCUT2D eigenvalue weighted by Gasteiger charge is 2.19. The number of carbonyl (C=O) groups excluding carboxylic acids is 2. The van der Waals surface area contributed by atoms with E-state index in [1.54, 1.807) is 48.5 Å². The van der Waals surface area contributed by atoms with E-state index in [-0.39, 0.29) is 0 Å². The summed E-state index contributed by atoms with van der Waals surface area (Å²) < 4.78 is 10.3. The molecule has 0 aliphatic rings. The number of ether oxygens (including phenoxy) is 2. The highest BCUT2D eigenvalue weighted by Crippen LogP contribution is 2.16. The van der Waals surface area contributed by atoms with Gasteiger partial charge in [0.1, 0.15) is 0 Å². The van der Waals surface area contributed by atoms with Gasteiger partial charge in [-0.3, -0.25) is 0 Å². The molecule has 174 valence electrons. The molecule has 0 spiro atoms. The summed E-state index contributed by atoms with van der Waals surface area (Å²) >= 11 is 0. The summed E-state index contributed by atoms with van der Waals surface area (Å²) in [5.74, 6) is -1.21. The van der Waals surface area contributed by atoms with E-state index in [0.717, 1.165) is 51.4 Å². The first-order valence-electron chi connectivity index (χ1n) is 11.4. The maximum Gasteiger partial charge on any atom is 0.339 e. The van der Waals surface area contributed by atoms with Gasteiger partial charge in [-0.1, -0.05) is 99.2 Å². The number of benzene rings is 2. The number of rotatable bonds is 15. The van der Waals surface area contributed by atoms with E-state index in [1.165, 1.54) is 0 Å². The van der Waals surface area contributed by atoms with Crippen LogP contribution in [0.5, 0.6) is 0 Å². The van der Waals surface area contributed by atoms with Gasteiger partial charge in [-0.25, -0.2) is 9.59 Å². The van der Waals surface area contributed by atoms with Crippen molar-refractivity contribution in [1.29, 1.82) is 0 Å². The third kappa shape index (κ3) is 9.62. The molecule has 6 nitrogen and oxygen atoms in total. The largest absolute Gasteiger partial charge is 0.464 e. The van der Waals surface area contributed by atoms with Crippen LogP contribution in [0.4, 0.5) is 0 Å². The van der Waals surface area contributed by atoms with Crippen LogP contribution in [-0.4, -0.2) is 35.4 Å². The van der Waals surface area contributed by atoms with Crippen molar-refractivity contribution in [2.45, 2.75) is 63.6 Å². The second-order valence-electron chi connectivity index (χ2n) is 7.79. The lowest BCUT2D eigenvalue weighted by molar-refractivity contribution is -0.154.